The van der Waals surface area contributed by atoms with Gasteiger partial charge in [-0.3, -0.25) is 9.59 Å². The van der Waals surface area contributed by atoms with Crippen molar-refractivity contribution in [2.24, 2.45) is 5.92 Å². The van der Waals surface area contributed by atoms with E-state index in [0.717, 1.165) is 25.7 Å². The SMILES string of the molecule is CN1CC(C(=O)N[C@@H]2CCCC[C@H]2O)CC1=O. The fraction of sp³-hybridized carbons (Fsp3) is 0.833. The van der Waals surface area contributed by atoms with Gasteiger partial charge in [0.05, 0.1) is 18.1 Å². The number of likely N-dealkylation sites (tertiary alicyclic amines) is 1. The number of aliphatic hydroxyl groups excluding tert-OH is 1. The van der Waals surface area contributed by atoms with Crippen LogP contribution in [0.15, 0.2) is 0 Å². The van der Waals surface area contributed by atoms with E-state index in [2.05, 4.69) is 5.32 Å². The minimum Gasteiger partial charge on any atom is -0.391 e. The maximum atomic E-state index is 11.9. The monoisotopic (exact) mass is 240 g/mol. The summed E-state index contributed by atoms with van der Waals surface area (Å²) in [6.45, 7) is 0.494. The lowest BCUT2D eigenvalue weighted by Crippen LogP contribution is -2.47. The van der Waals surface area contributed by atoms with Crippen LogP contribution in [0.3, 0.4) is 0 Å². The average Bonchev–Trinajstić information content (AvgIpc) is 2.63. The number of rotatable bonds is 2. The van der Waals surface area contributed by atoms with Gasteiger partial charge in [0.15, 0.2) is 0 Å². The third kappa shape index (κ3) is 2.77. The van der Waals surface area contributed by atoms with Crippen LogP contribution in [-0.4, -0.2) is 47.6 Å². The molecule has 1 unspecified atom stereocenters. The van der Waals surface area contributed by atoms with Crippen molar-refractivity contribution in [2.45, 2.75) is 44.2 Å². The molecule has 1 saturated carbocycles. The van der Waals surface area contributed by atoms with Crippen LogP contribution < -0.4 is 5.32 Å². The Morgan fingerprint density at radius 2 is 2.12 bits per heavy atom. The summed E-state index contributed by atoms with van der Waals surface area (Å²) in [7, 11) is 1.71. The summed E-state index contributed by atoms with van der Waals surface area (Å²) < 4.78 is 0. The van der Waals surface area contributed by atoms with E-state index in [0.29, 0.717) is 13.0 Å². The maximum absolute atomic E-state index is 11.9. The summed E-state index contributed by atoms with van der Waals surface area (Å²) in [6, 6.07) is -0.128. The van der Waals surface area contributed by atoms with Crippen LogP contribution in [0.4, 0.5) is 0 Å². The first-order chi connectivity index (χ1) is 8.08. The molecule has 17 heavy (non-hydrogen) atoms. The van der Waals surface area contributed by atoms with Gasteiger partial charge in [-0.05, 0) is 12.8 Å². The predicted molar refractivity (Wildman–Crippen MR) is 62.1 cm³/mol. The zero-order chi connectivity index (χ0) is 12.4. The van der Waals surface area contributed by atoms with Gasteiger partial charge in [-0.25, -0.2) is 0 Å². The fourth-order valence-corrected chi connectivity index (χ4v) is 2.62. The van der Waals surface area contributed by atoms with E-state index in [1.54, 1.807) is 11.9 Å². The molecular formula is C12H20N2O3. The summed E-state index contributed by atoms with van der Waals surface area (Å²) in [6.07, 6.45) is 3.54. The van der Waals surface area contributed by atoms with E-state index in [1.807, 2.05) is 0 Å². The van der Waals surface area contributed by atoms with Gasteiger partial charge in [0.25, 0.3) is 0 Å². The largest absolute Gasteiger partial charge is 0.391 e. The van der Waals surface area contributed by atoms with Crippen molar-refractivity contribution in [3.05, 3.63) is 0 Å². The van der Waals surface area contributed by atoms with Gasteiger partial charge >= 0.3 is 0 Å². The van der Waals surface area contributed by atoms with Crippen molar-refractivity contribution >= 4 is 11.8 Å². The quantitative estimate of drug-likeness (QED) is 0.707. The zero-order valence-corrected chi connectivity index (χ0v) is 10.2. The molecule has 3 atom stereocenters. The van der Waals surface area contributed by atoms with Crippen LogP contribution in [0.1, 0.15) is 32.1 Å². The number of aliphatic hydroxyl groups is 1. The molecule has 5 heteroatoms. The highest BCUT2D eigenvalue weighted by Gasteiger charge is 2.34. The van der Waals surface area contributed by atoms with E-state index >= 15 is 0 Å². The number of amides is 2. The third-order valence-electron chi connectivity index (χ3n) is 3.77. The second kappa shape index (κ2) is 5.04. The molecule has 1 aliphatic heterocycles. The predicted octanol–water partition coefficient (Wildman–Crippen LogP) is -0.116. The standard InChI is InChI=1S/C12H20N2O3/c1-14-7-8(6-11(14)16)12(17)13-9-4-2-3-5-10(9)15/h8-10,15H,2-7H2,1H3,(H,13,17)/t8?,9-,10-/m1/s1. The van der Waals surface area contributed by atoms with Crippen LogP contribution in [0.2, 0.25) is 0 Å². The fourth-order valence-electron chi connectivity index (χ4n) is 2.62. The molecular weight excluding hydrogens is 220 g/mol. The van der Waals surface area contributed by atoms with Crippen molar-refractivity contribution in [3.63, 3.8) is 0 Å². The lowest BCUT2D eigenvalue weighted by atomic mass is 9.92. The molecule has 0 aromatic rings. The first-order valence-electron chi connectivity index (χ1n) is 6.30. The first kappa shape index (κ1) is 12.4. The Morgan fingerprint density at radius 1 is 1.41 bits per heavy atom. The maximum Gasteiger partial charge on any atom is 0.225 e. The van der Waals surface area contributed by atoms with Crippen molar-refractivity contribution in [1.82, 2.24) is 10.2 Å². The molecule has 2 fully saturated rings. The van der Waals surface area contributed by atoms with Crippen LogP contribution in [0.25, 0.3) is 0 Å². The topological polar surface area (TPSA) is 69.6 Å². The Morgan fingerprint density at radius 3 is 2.71 bits per heavy atom. The Labute approximate surface area is 101 Å². The minimum absolute atomic E-state index is 0.0225. The van der Waals surface area contributed by atoms with Crippen molar-refractivity contribution in [1.29, 1.82) is 0 Å². The zero-order valence-electron chi connectivity index (χ0n) is 10.2. The molecule has 5 nitrogen and oxygen atoms in total. The summed E-state index contributed by atoms with van der Waals surface area (Å²) in [4.78, 5) is 24.9. The molecule has 0 radical (unpaired) electrons. The number of carbonyl (C=O) groups excluding carboxylic acids is 2. The van der Waals surface area contributed by atoms with E-state index in [1.165, 1.54) is 0 Å². The van der Waals surface area contributed by atoms with Crippen LogP contribution >= 0.6 is 0 Å². The summed E-state index contributed by atoms with van der Waals surface area (Å²) in [5.41, 5.74) is 0. The Hall–Kier alpha value is -1.10. The number of carbonyl (C=O) groups is 2. The number of hydrogen-bond donors (Lipinski definition) is 2. The molecule has 96 valence electrons. The highest BCUT2D eigenvalue weighted by Crippen LogP contribution is 2.21. The van der Waals surface area contributed by atoms with E-state index in [9.17, 15) is 14.7 Å². The van der Waals surface area contributed by atoms with Crippen LogP contribution in [0, 0.1) is 5.92 Å². The smallest absolute Gasteiger partial charge is 0.225 e. The lowest BCUT2D eigenvalue weighted by Gasteiger charge is -2.29. The second-order valence-electron chi connectivity index (χ2n) is 5.14. The highest BCUT2D eigenvalue weighted by atomic mass is 16.3. The van der Waals surface area contributed by atoms with Gasteiger partial charge in [-0.2, -0.15) is 0 Å². The molecule has 2 rings (SSSR count). The van der Waals surface area contributed by atoms with Gasteiger partial charge in [0, 0.05) is 20.0 Å². The normalized spacial score (nSPS) is 33.9. The summed E-state index contributed by atoms with van der Waals surface area (Å²) >= 11 is 0. The van der Waals surface area contributed by atoms with E-state index in [-0.39, 0.29) is 23.8 Å². The second-order valence-corrected chi connectivity index (χ2v) is 5.14. The van der Waals surface area contributed by atoms with Gasteiger partial charge in [-0.15, -0.1) is 0 Å². The first-order valence-corrected chi connectivity index (χ1v) is 6.30. The molecule has 1 aliphatic carbocycles. The molecule has 2 aliphatic rings. The molecule has 1 heterocycles. The van der Waals surface area contributed by atoms with Crippen molar-refractivity contribution in [3.8, 4) is 0 Å². The number of nitrogens with one attached hydrogen (secondary N) is 1. The third-order valence-corrected chi connectivity index (χ3v) is 3.77. The Balaban J connectivity index is 1.86. The minimum atomic E-state index is -0.428. The summed E-state index contributed by atoms with van der Waals surface area (Å²) in [5, 5.41) is 12.7. The van der Waals surface area contributed by atoms with Crippen molar-refractivity contribution in [2.75, 3.05) is 13.6 Å². The van der Waals surface area contributed by atoms with Crippen LogP contribution in [-0.2, 0) is 9.59 Å². The highest BCUT2D eigenvalue weighted by molar-refractivity contribution is 5.89. The molecule has 1 saturated heterocycles. The van der Waals surface area contributed by atoms with Crippen LogP contribution in [0.5, 0.6) is 0 Å². The van der Waals surface area contributed by atoms with Gasteiger partial charge in [0.1, 0.15) is 0 Å². The van der Waals surface area contributed by atoms with E-state index in [4.69, 9.17) is 0 Å². The van der Waals surface area contributed by atoms with Gasteiger partial charge < -0.3 is 15.3 Å². The van der Waals surface area contributed by atoms with E-state index < -0.39 is 6.10 Å². The average molecular weight is 240 g/mol. The molecule has 0 aromatic heterocycles. The molecule has 0 aromatic carbocycles. The van der Waals surface area contributed by atoms with Gasteiger partial charge in [-0.1, -0.05) is 12.8 Å². The molecule has 0 bridgehead atoms. The van der Waals surface area contributed by atoms with Gasteiger partial charge in [0.2, 0.25) is 11.8 Å². The molecule has 2 N–H and O–H groups in total. The lowest BCUT2D eigenvalue weighted by molar-refractivity contribution is -0.129. The number of hydrogen-bond acceptors (Lipinski definition) is 3. The molecule has 2 amide bonds. The Bertz CT molecular complexity index is 319. The van der Waals surface area contributed by atoms with Crippen molar-refractivity contribution < 1.29 is 14.7 Å². The molecule has 0 spiro atoms. The Kier molecular flexibility index (Phi) is 3.66. The summed E-state index contributed by atoms with van der Waals surface area (Å²) in [5.74, 6) is -0.315. The number of nitrogens with zero attached hydrogens (tertiary/aromatic N) is 1.